The Morgan fingerprint density at radius 3 is 2.43 bits per heavy atom. The van der Waals surface area contributed by atoms with Crippen molar-refractivity contribution in [2.75, 3.05) is 5.32 Å². The lowest BCUT2D eigenvalue weighted by Crippen LogP contribution is -2.13. The van der Waals surface area contributed by atoms with Gasteiger partial charge in [-0.3, -0.25) is 10.1 Å². The van der Waals surface area contributed by atoms with Gasteiger partial charge in [0.1, 0.15) is 12.9 Å². The zero-order chi connectivity index (χ0) is 15.2. The van der Waals surface area contributed by atoms with Crippen molar-refractivity contribution >= 4 is 18.1 Å². The number of anilines is 1. The third kappa shape index (κ3) is 4.10. The lowest BCUT2D eigenvalue weighted by molar-refractivity contribution is 0.112. The summed E-state index contributed by atoms with van der Waals surface area (Å²) < 4.78 is 30.6. The first-order valence-corrected chi connectivity index (χ1v) is 6.01. The number of hydrogen-bond acceptors (Lipinski definition) is 3. The predicted octanol–water partition coefficient (Wildman–Crippen LogP) is 3.53. The first kappa shape index (κ1) is 14.6. The van der Waals surface area contributed by atoms with Gasteiger partial charge in [0.2, 0.25) is 0 Å². The van der Waals surface area contributed by atoms with Gasteiger partial charge in [0, 0.05) is 17.3 Å². The summed E-state index contributed by atoms with van der Waals surface area (Å²) in [6, 6.07) is 9.47. The molecule has 0 aromatic heterocycles. The Bertz CT molecular complexity index is 656. The van der Waals surface area contributed by atoms with E-state index in [1.807, 2.05) is 0 Å². The molecule has 4 nitrogen and oxygen atoms in total. The number of aldehydes is 1. The second-order valence-corrected chi connectivity index (χ2v) is 4.19. The van der Waals surface area contributed by atoms with Crippen LogP contribution in [0.5, 0.6) is 0 Å². The highest BCUT2D eigenvalue weighted by Gasteiger charge is 2.07. The van der Waals surface area contributed by atoms with E-state index in [4.69, 9.17) is 4.74 Å². The van der Waals surface area contributed by atoms with Gasteiger partial charge in [0.25, 0.3) is 0 Å². The molecule has 0 saturated carbocycles. The van der Waals surface area contributed by atoms with Crippen LogP contribution in [0.1, 0.15) is 15.9 Å². The number of amides is 1. The van der Waals surface area contributed by atoms with E-state index in [9.17, 15) is 18.4 Å². The van der Waals surface area contributed by atoms with Crippen LogP contribution in [-0.4, -0.2) is 12.4 Å². The summed E-state index contributed by atoms with van der Waals surface area (Å²) in [5.41, 5.74) is 1.31. The first-order valence-electron chi connectivity index (χ1n) is 6.01. The summed E-state index contributed by atoms with van der Waals surface area (Å²) in [5.74, 6) is -2.05. The van der Waals surface area contributed by atoms with E-state index in [1.165, 1.54) is 6.07 Å². The zero-order valence-electron chi connectivity index (χ0n) is 10.8. The monoisotopic (exact) mass is 291 g/mol. The average molecular weight is 291 g/mol. The van der Waals surface area contributed by atoms with Crippen LogP contribution in [0, 0.1) is 11.6 Å². The van der Waals surface area contributed by atoms with Gasteiger partial charge in [-0.1, -0.05) is 24.3 Å². The molecule has 2 aromatic carbocycles. The van der Waals surface area contributed by atoms with E-state index in [1.54, 1.807) is 24.3 Å². The first-order chi connectivity index (χ1) is 10.1. The predicted molar refractivity (Wildman–Crippen MR) is 72.0 cm³/mol. The SMILES string of the molecule is O=Cc1ccc(COC(=O)Nc2ccc(F)c(F)c2)cc1. The molecule has 0 aliphatic carbocycles. The third-order valence-corrected chi connectivity index (χ3v) is 2.65. The molecule has 108 valence electrons. The van der Waals surface area contributed by atoms with Crippen LogP contribution >= 0.6 is 0 Å². The van der Waals surface area contributed by atoms with Crippen LogP contribution in [-0.2, 0) is 11.3 Å². The average Bonchev–Trinajstić information content (AvgIpc) is 2.49. The second-order valence-electron chi connectivity index (χ2n) is 4.19. The second kappa shape index (κ2) is 6.60. The maximum absolute atomic E-state index is 13.0. The van der Waals surface area contributed by atoms with E-state index in [-0.39, 0.29) is 12.3 Å². The van der Waals surface area contributed by atoms with Crippen molar-refractivity contribution in [1.29, 1.82) is 0 Å². The molecule has 2 rings (SSSR count). The van der Waals surface area contributed by atoms with Gasteiger partial charge in [-0.2, -0.15) is 0 Å². The fourth-order valence-corrected chi connectivity index (χ4v) is 1.57. The van der Waals surface area contributed by atoms with E-state index in [0.717, 1.165) is 12.1 Å². The summed E-state index contributed by atoms with van der Waals surface area (Å²) in [5, 5.41) is 2.28. The van der Waals surface area contributed by atoms with E-state index in [0.29, 0.717) is 17.4 Å². The van der Waals surface area contributed by atoms with Crippen molar-refractivity contribution in [3.05, 3.63) is 65.2 Å². The quantitative estimate of drug-likeness (QED) is 0.877. The summed E-state index contributed by atoms with van der Waals surface area (Å²) in [7, 11) is 0. The third-order valence-electron chi connectivity index (χ3n) is 2.65. The number of halogens is 2. The van der Waals surface area contributed by atoms with Gasteiger partial charge in [0.15, 0.2) is 11.6 Å². The van der Waals surface area contributed by atoms with Crippen LogP contribution in [0.2, 0.25) is 0 Å². The Hall–Kier alpha value is -2.76. The number of carbonyl (C=O) groups is 2. The highest BCUT2D eigenvalue weighted by atomic mass is 19.2. The molecule has 0 spiro atoms. The number of nitrogens with one attached hydrogen (secondary N) is 1. The van der Waals surface area contributed by atoms with E-state index >= 15 is 0 Å². The topological polar surface area (TPSA) is 55.4 Å². The molecule has 21 heavy (non-hydrogen) atoms. The fourth-order valence-electron chi connectivity index (χ4n) is 1.57. The summed E-state index contributed by atoms with van der Waals surface area (Å²) in [6.07, 6.45) is -0.0825. The Morgan fingerprint density at radius 2 is 1.81 bits per heavy atom. The molecule has 0 aliphatic heterocycles. The number of benzene rings is 2. The van der Waals surface area contributed by atoms with Crippen molar-refractivity contribution in [3.63, 3.8) is 0 Å². The molecule has 1 N–H and O–H groups in total. The van der Waals surface area contributed by atoms with Crippen LogP contribution < -0.4 is 5.32 Å². The van der Waals surface area contributed by atoms with Gasteiger partial charge >= 0.3 is 6.09 Å². The Balaban J connectivity index is 1.89. The minimum Gasteiger partial charge on any atom is -0.444 e. The van der Waals surface area contributed by atoms with Gasteiger partial charge in [-0.05, 0) is 17.7 Å². The molecular weight excluding hydrogens is 280 g/mol. The summed E-state index contributed by atoms with van der Waals surface area (Å²) in [6.45, 7) is -0.00531. The molecule has 0 saturated heterocycles. The molecule has 0 heterocycles. The molecule has 0 fully saturated rings. The van der Waals surface area contributed by atoms with Crippen LogP contribution in [0.3, 0.4) is 0 Å². The molecular formula is C15H11F2NO3. The van der Waals surface area contributed by atoms with Crippen molar-refractivity contribution in [3.8, 4) is 0 Å². The molecule has 0 unspecified atom stereocenters. The molecule has 0 radical (unpaired) electrons. The van der Waals surface area contributed by atoms with E-state index < -0.39 is 17.7 Å². The lowest BCUT2D eigenvalue weighted by atomic mass is 10.2. The molecule has 0 aliphatic rings. The molecule has 0 atom stereocenters. The lowest BCUT2D eigenvalue weighted by Gasteiger charge is -2.07. The van der Waals surface area contributed by atoms with Crippen molar-refractivity contribution in [2.24, 2.45) is 0 Å². The molecule has 0 bridgehead atoms. The Morgan fingerprint density at radius 1 is 1.10 bits per heavy atom. The standard InChI is InChI=1S/C15H11F2NO3/c16-13-6-5-12(7-14(13)17)18-15(20)21-9-11-3-1-10(8-19)2-4-11/h1-8H,9H2,(H,18,20). The van der Waals surface area contributed by atoms with Crippen LogP contribution in [0.4, 0.5) is 19.3 Å². The van der Waals surface area contributed by atoms with Crippen molar-refractivity contribution in [2.45, 2.75) is 6.61 Å². The molecule has 1 amide bonds. The zero-order valence-corrected chi connectivity index (χ0v) is 10.8. The highest BCUT2D eigenvalue weighted by molar-refractivity contribution is 5.84. The number of hydrogen-bond donors (Lipinski definition) is 1. The summed E-state index contributed by atoms with van der Waals surface area (Å²) in [4.78, 5) is 22.0. The van der Waals surface area contributed by atoms with Gasteiger partial charge in [0.05, 0.1) is 0 Å². The fraction of sp³-hybridized carbons (Fsp3) is 0.0667. The number of rotatable bonds is 4. The van der Waals surface area contributed by atoms with Crippen molar-refractivity contribution in [1.82, 2.24) is 0 Å². The normalized spacial score (nSPS) is 10.0. The van der Waals surface area contributed by atoms with Gasteiger partial charge in [-0.25, -0.2) is 13.6 Å². The summed E-state index contributed by atoms with van der Waals surface area (Å²) >= 11 is 0. The molecule has 2 aromatic rings. The maximum atomic E-state index is 13.0. The van der Waals surface area contributed by atoms with Crippen LogP contribution in [0.25, 0.3) is 0 Å². The van der Waals surface area contributed by atoms with Crippen molar-refractivity contribution < 1.29 is 23.1 Å². The maximum Gasteiger partial charge on any atom is 0.411 e. The largest absolute Gasteiger partial charge is 0.444 e. The van der Waals surface area contributed by atoms with Gasteiger partial charge in [-0.15, -0.1) is 0 Å². The van der Waals surface area contributed by atoms with Crippen LogP contribution in [0.15, 0.2) is 42.5 Å². The molecule has 6 heteroatoms. The minimum atomic E-state index is -1.06. The minimum absolute atomic E-state index is 0.00531. The highest BCUT2D eigenvalue weighted by Crippen LogP contribution is 2.13. The van der Waals surface area contributed by atoms with E-state index in [2.05, 4.69) is 5.32 Å². The smallest absolute Gasteiger partial charge is 0.411 e. The van der Waals surface area contributed by atoms with Gasteiger partial charge < -0.3 is 4.74 Å². The Kier molecular flexibility index (Phi) is 4.61. The number of carbonyl (C=O) groups excluding carboxylic acids is 2. The Labute approximate surface area is 119 Å². The number of ether oxygens (including phenoxy) is 1.